The summed E-state index contributed by atoms with van der Waals surface area (Å²) in [6, 6.07) is 3.82. The van der Waals surface area contributed by atoms with Crippen LogP contribution in [0.4, 0.5) is 11.5 Å². The van der Waals surface area contributed by atoms with Gasteiger partial charge in [0.2, 0.25) is 5.88 Å². The van der Waals surface area contributed by atoms with Crippen molar-refractivity contribution in [2.75, 3.05) is 31.4 Å². The predicted molar refractivity (Wildman–Crippen MR) is 58.0 cm³/mol. The molecule has 1 fully saturated rings. The Labute approximate surface area is 88.6 Å². The van der Waals surface area contributed by atoms with Crippen molar-refractivity contribution < 1.29 is 9.47 Å². The van der Waals surface area contributed by atoms with Crippen molar-refractivity contribution in [1.82, 2.24) is 4.98 Å². The van der Waals surface area contributed by atoms with Crippen molar-refractivity contribution in [2.45, 2.75) is 12.5 Å². The molecule has 5 nitrogen and oxygen atoms in total. The maximum absolute atomic E-state index is 5.80. The van der Waals surface area contributed by atoms with Crippen LogP contribution in [-0.4, -0.2) is 31.3 Å². The summed E-state index contributed by atoms with van der Waals surface area (Å²) in [5, 5.41) is 3.24. The van der Waals surface area contributed by atoms with Crippen LogP contribution in [0.1, 0.15) is 6.42 Å². The molecule has 0 radical (unpaired) electrons. The third-order valence-corrected chi connectivity index (χ3v) is 2.38. The lowest BCUT2D eigenvalue weighted by molar-refractivity contribution is 0.195. The first-order chi connectivity index (χ1) is 7.29. The average molecular weight is 209 g/mol. The third kappa shape index (κ3) is 2.30. The second-order valence-corrected chi connectivity index (χ2v) is 3.50. The number of nitrogens with one attached hydrogen (secondary N) is 1. The lowest BCUT2D eigenvalue weighted by Gasteiger charge is -2.13. The normalized spacial score (nSPS) is 20.2. The van der Waals surface area contributed by atoms with Crippen LogP contribution in [0.3, 0.4) is 0 Å². The van der Waals surface area contributed by atoms with Gasteiger partial charge in [-0.2, -0.15) is 4.98 Å². The van der Waals surface area contributed by atoms with Gasteiger partial charge in [-0.25, -0.2) is 0 Å². The molecule has 0 aliphatic carbocycles. The molecule has 3 N–H and O–H groups in total. The van der Waals surface area contributed by atoms with Gasteiger partial charge in [-0.15, -0.1) is 0 Å². The molecular formula is C10H15N3O2. The van der Waals surface area contributed by atoms with E-state index in [2.05, 4.69) is 10.3 Å². The maximum atomic E-state index is 5.80. The van der Waals surface area contributed by atoms with E-state index < -0.39 is 0 Å². The number of nitrogen functional groups attached to an aromatic ring is 1. The minimum Gasteiger partial charge on any atom is -0.481 e. The Morgan fingerprint density at radius 2 is 2.47 bits per heavy atom. The number of aromatic nitrogens is 1. The summed E-state index contributed by atoms with van der Waals surface area (Å²) in [5.41, 5.74) is 6.43. The third-order valence-electron chi connectivity index (χ3n) is 2.38. The second-order valence-electron chi connectivity index (χ2n) is 3.50. The Morgan fingerprint density at radius 1 is 1.60 bits per heavy atom. The molecule has 1 aliphatic rings. The molecule has 1 aromatic heterocycles. The Kier molecular flexibility index (Phi) is 2.91. The number of anilines is 2. The van der Waals surface area contributed by atoms with Crippen molar-refractivity contribution in [3.63, 3.8) is 0 Å². The van der Waals surface area contributed by atoms with Gasteiger partial charge in [0, 0.05) is 12.7 Å². The van der Waals surface area contributed by atoms with E-state index in [0.717, 1.165) is 13.0 Å². The highest BCUT2D eigenvalue weighted by Gasteiger charge is 2.16. The first kappa shape index (κ1) is 10.0. The molecule has 1 unspecified atom stereocenters. The Morgan fingerprint density at radius 3 is 3.13 bits per heavy atom. The average Bonchev–Trinajstić information content (AvgIpc) is 2.74. The van der Waals surface area contributed by atoms with Crippen LogP contribution in [0.25, 0.3) is 0 Å². The van der Waals surface area contributed by atoms with E-state index >= 15 is 0 Å². The van der Waals surface area contributed by atoms with E-state index in [0.29, 0.717) is 30.0 Å². The van der Waals surface area contributed by atoms with Crippen LogP contribution in [0, 0.1) is 0 Å². The van der Waals surface area contributed by atoms with Gasteiger partial charge in [0.15, 0.2) is 5.82 Å². The van der Waals surface area contributed by atoms with Gasteiger partial charge >= 0.3 is 0 Å². The van der Waals surface area contributed by atoms with Crippen LogP contribution in [0.2, 0.25) is 0 Å². The molecule has 1 atom stereocenters. The minimum atomic E-state index is 0.298. The number of methoxy groups -OCH3 is 1. The van der Waals surface area contributed by atoms with Crippen molar-refractivity contribution in [1.29, 1.82) is 0 Å². The van der Waals surface area contributed by atoms with E-state index in [-0.39, 0.29) is 0 Å². The van der Waals surface area contributed by atoms with E-state index in [1.165, 1.54) is 0 Å². The van der Waals surface area contributed by atoms with Crippen LogP contribution in [0.5, 0.6) is 5.88 Å². The van der Waals surface area contributed by atoms with Crippen LogP contribution in [-0.2, 0) is 4.74 Å². The summed E-state index contributed by atoms with van der Waals surface area (Å²) >= 11 is 0. The Bertz CT molecular complexity index is 337. The second kappa shape index (κ2) is 4.35. The number of nitrogens with two attached hydrogens (primary N) is 1. The molecule has 2 heterocycles. The predicted octanol–water partition coefficient (Wildman–Crippen LogP) is 0.873. The topological polar surface area (TPSA) is 69.4 Å². The molecule has 0 amide bonds. The first-order valence-electron chi connectivity index (χ1n) is 4.94. The van der Waals surface area contributed by atoms with E-state index in [1.807, 2.05) is 0 Å². The molecule has 0 bridgehead atoms. The van der Waals surface area contributed by atoms with Gasteiger partial charge in [0.05, 0.1) is 25.4 Å². The van der Waals surface area contributed by atoms with Crippen LogP contribution < -0.4 is 15.8 Å². The highest BCUT2D eigenvalue weighted by atomic mass is 16.5. The largest absolute Gasteiger partial charge is 0.481 e. The van der Waals surface area contributed by atoms with E-state index in [4.69, 9.17) is 15.2 Å². The molecule has 0 spiro atoms. The standard InChI is InChI=1S/C10H15N3O2/c1-14-9-3-2-8(11)10(13-9)12-7-4-5-15-6-7/h2-3,7H,4-6,11H2,1H3,(H,12,13). The van der Waals surface area contributed by atoms with Gasteiger partial charge in [-0.3, -0.25) is 0 Å². The molecule has 82 valence electrons. The molecule has 2 rings (SSSR count). The fraction of sp³-hybridized carbons (Fsp3) is 0.500. The summed E-state index contributed by atoms with van der Waals surface area (Å²) in [5.74, 6) is 1.23. The fourth-order valence-corrected chi connectivity index (χ4v) is 1.52. The highest BCUT2D eigenvalue weighted by Crippen LogP contribution is 2.21. The maximum Gasteiger partial charge on any atom is 0.215 e. The summed E-state index contributed by atoms with van der Waals surface area (Å²) in [7, 11) is 1.58. The van der Waals surface area contributed by atoms with Gasteiger partial charge in [0.25, 0.3) is 0 Å². The quantitative estimate of drug-likeness (QED) is 0.773. The fourth-order valence-electron chi connectivity index (χ4n) is 1.52. The molecule has 1 aromatic rings. The number of hydrogen-bond acceptors (Lipinski definition) is 5. The number of ether oxygens (including phenoxy) is 2. The van der Waals surface area contributed by atoms with Crippen LogP contribution in [0.15, 0.2) is 12.1 Å². The smallest absolute Gasteiger partial charge is 0.215 e. The van der Waals surface area contributed by atoms with Gasteiger partial charge in [-0.05, 0) is 12.5 Å². The van der Waals surface area contributed by atoms with Gasteiger partial charge < -0.3 is 20.5 Å². The van der Waals surface area contributed by atoms with Crippen molar-refractivity contribution >= 4 is 11.5 Å². The first-order valence-corrected chi connectivity index (χ1v) is 4.94. The van der Waals surface area contributed by atoms with Gasteiger partial charge in [0.1, 0.15) is 0 Å². The minimum absolute atomic E-state index is 0.298. The lowest BCUT2D eigenvalue weighted by atomic mass is 10.2. The number of rotatable bonds is 3. The molecule has 1 saturated heterocycles. The highest BCUT2D eigenvalue weighted by molar-refractivity contribution is 5.62. The molecule has 0 saturated carbocycles. The molecular weight excluding hydrogens is 194 g/mol. The number of pyridine rings is 1. The van der Waals surface area contributed by atoms with Crippen molar-refractivity contribution in [3.8, 4) is 5.88 Å². The Balaban J connectivity index is 2.11. The van der Waals surface area contributed by atoms with E-state index in [9.17, 15) is 0 Å². The van der Waals surface area contributed by atoms with Crippen molar-refractivity contribution in [2.24, 2.45) is 0 Å². The molecule has 15 heavy (non-hydrogen) atoms. The van der Waals surface area contributed by atoms with Crippen molar-refractivity contribution in [3.05, 3.63) is 12.1 Å². The summed E-state index contributed by atoms with van der Waals surface area (Å²) in [6.45, 7) is 1.50. The van der Waals surface area contributed by atoms with E-state index in [1.54, 1.807) is 19.2 Å². The summed E-state index contributed by atoms with van der Waals surface area (Å²) < 4.78 is 10.3. The molecule has 1 aliphatic heterocycles. The molecule has 5 heteroatoms. The zero-order valence-corrected chi connectivity index (χ0v) is 8.69. The number of nitrogens with zero attached hydrogens (tertiary/aromatic N) is 1. The summed E-state index contributed by atoms with van der Waals surface area (Å²) in [6.07, 6.45) is 0.984. The monoisotopic (exact) mass is 209 g/mol. The zero-order valence-electron chi connectivity index (χ0n) is 8.69. The summed E-state index contributed by atoms with van der Waals surface area (Å²) in [4.78, 5) is 4.24. The van der Waals surface area contributed by atoms with Crippen LogP contribution >= 0.6 is 0 Å². The number of hydrogen-bond donors (Lipinski definition) is 2. The zero-order chi connectivity index (χ0) is 10.7. The SMILES string of the molecule is COc1ccc(N)c(NC2CCOC2)n1. The molecule has 0 aromatic carbocycles. The lowest BCUT2D eigenvalue weighted by Crippen LogP contribution is -2.20. The van der Waals surface area contributed by atoms with Gasteiger partial charge in [-0.1, -0.05) is 0 Å². The Hall–Kier alpha value is -1.49.